The Morgan fingerprint density at radius 1 is 1.43 bits per heavy atom. The van der Waals surface area contributed by atoms with E-state index in [0.29, 0.717) is 21.2 Å². The van der Waals surface area contributed by atoms with Crippen molar-refractivity contribution in [3.63, 3.8) is 0 Å². The molecule has 0 saturated heterocycles. The van der Waals surface area contributed by atoms with Crippen LogP contribution >= 0.6 is 12.2 Å². The van der Waals surface area contributed by atoms with Gasteiger partial charge >= 0.3 is 0 Å². The number of rotatable bonds is 3. The van der Waals surface area contributed by atoms with Crippen molar-refractivity contribution in [1.29, 1.82) is 0 Å². The van der Waals surface area contributed by atoms with Crippen LogP contribution < -0.4 is 10.9 Å². The van der Waals surface area contributed by atoms with Gasteiger partial charge in [0.1, 0.15) is 0 Å². The number of nitrogens with one attached hydrogen (secondary N) is 2. The molecule has 6 heteroatoms. The summed E-state index contributed by atoms with van der Waals surface area (Å²) in [5, 5.41) is 3.48. The summed E-state index contributed by atoms with van der Waals surface area (Å²) in [6.07, 6.45) is 0.829. The number of carbonyl (C=O) groups excluding carboxylic acids is 1. The molecular formula is C15H19N3O2S. The Labute approximate surface area is 128 Å². The second-order valence-corrected chi connectivity index (χ2v) is 6.13. The van der Waals surface area contributed by atoms with Gasteiger partial charge in [0.2, 0.25) is 0 Å². The van der Waals surface area contributed by atoms with E-state index in [9.17, 15) is 9.59 Å². The van der Waals surface area contributed by atoms with Gasteiger partial charge in [0.25, 0.3) is 11.5 Å². The van der Waals surface area contributed by atoms with Crippen LogP contribution in [0.5, 0.6) is 0 Å². The summed E-state index contributed by atoms with van der Waals surface area (Å²) in [4.78, 5) is 27.3. The van der Waals surface area contributed by atoms with E-state index in [-0.39, 0.29) is 17.0 Å². The van der Waals surface area contributed by atoms with Crippen LogP contribution in [0.1, 0.15) is 37.6 Å². The van der Waals surface area contributed by atoms with Crippen molar-refractivity contribution in [2.24, 2.45) is 7.05 Å². The van der Waals surface area contributed by atoms with Gasteiger partial charge in [-0.25, -0.2) is 0 Å². The van der Waals surface area contributed by atoms with Crippen LogP contribution in [-0.4, -0.2) is 21.0 Å². The Morgan fingerprint density at radius 3 is 2.71 bits per heavy atom. The van der Waals surface area contributed by atoms with E-state index in [0.717, 1.165) is 6.42 Å². The average molecular weight is 305 g/mol. The van der Waals surface area contributed by atoms with Crippen LogP contribution in [0.2, 0.25) is 0 Å². The first-order chi connectivity index (χ1) is 9.75. The minimum atomic E-state index is -0.272. The molecule has 0 spiro atoms. The highest BCUT2D eigenvalue weighted by Gasteiger charge is 2.19. The smallest absolute Gasteiger partial charge is 0.261 e. The molecule has 21 heavy (non-hydrogen) atoms. The second-order valence-electron chi connectivity index (χ2n) is 5.75. The van der Waals surface area contributed by atoms with E-state index in [1.54, 1.807) is 25.2 Å². The Balaban J connectivity index is 2.49. The lowest BCUT2D eigenvalue weighted by Crippen LogP contribution is -2.42. The maximum Gasteiger partial charge on any atom is 0.261 e. The molecule has 5 nitrogen and oxygen atoms in total. The number of hydrogen-bond acceptors (Lipinski definition) is 3. The molecule has 0 atom stereocenters. The lowest BCUT2D eigenvalue weighted by molar-refractivity contribution is 0.0911. The van der Waals surface area contributed by atoms with Gasteiger partial charge in [0.05, 0.1) is 10.9 Å². The minimum absolute atomic E-state index is 0.163. The van der Waals surface area contributed by atoms with E-state index in [1.807, 2.05) is 20.8 Å². The fourth-order valence-electron chi connectivity index (χ4n) is 1.92. The molecule has 2 N–H and O–H groups in total. The van der Waals surface area contributed by atoms with Gasteiger partial charge < -0.3 is 10.3 Å². The van der Waals surface area contributed by atoms with Gasteiger partial charge in [0, 0.05) is 18.2 Å². The summed E-state index contributed by atoms with van der Waals surface area (Å²) in [7, 11) is 1.62. The van der Waals surface area contributed by atoms with Crippen LogP contribution in [0, 0.1) is 4.77 Å². The van der Waals surface area contributed by atoms with Gasteiger partial charge in [0.15, 0.2) is 4.77 Å². The fraction of sp³-hybridized carbons (Fsp3) is 0.400. The lowest BCUT2D eigenvalue weighted by Gasteiger charge is -2.24. The Kier molecular flexibility index (Phi) is 4.00. The number of carbonyl (C=O) groups is 1. The number of benzene rings is 1. The van der Waals surface area contributed by atoms with Crippen LogP contribution in [0.25, 0.3) is 10.9 Å². The van der Waals surface area contributed by atoms with Crippen molar-refractivity contribution in [2.45, 2.75) is 32.7 Å². The predicted molar refractivity (Wildman–Crippen MR) is 86.2 cm³/mol. The van der Waals surface area contributed by atoms with E-state index in [2.05, 4.69) is 10.3 Å². The maximum atomic E-state index is 12.3. The Bertz CT molecular complexity index is 818. The number of amides is 1. The second kappa shape index (κ2) is 5.44. The largest absolute Gasteiger partial charge is 0.347 e. The molecule has 112 valence electrons. The van der Waals surface area contributed by atoms with Gasteiger partial charge in [-0.15, -0.1) is 0 Å². The van der Waals surface area contributed by atoms with E-state index in [4.69, 9.17) is 12.2 Å². The molecule has 0 fully saturated rings. The summed E-state index contributed by atoms with van der Waals surface area (Å²) in [5.41, 5.74) is 0.633. The number of aromatic amines is 1. The normalized spacial score (nSPS) is 11.6. The first-order valence-corrected chi connectivity index (χ1v) is 7.21. The highest BCUT2D eigenvalue weighted by molar-refractivity contribution is 7.71. The summed E-state index contributed by atoms with van der Waals surface area (Å²) < 4.78 is 1.70. The standard InChI is InChI=1S/C15H19N3O2S/c1-5-15(2,3)17-12(19)9-6-7-10-11(8-9)16-14(21)18(4)13(10)20/h6-8H,5H2,1-4H3,(H,16,21)(H,17,19). The molecule has 0 bridgehead atoms. The van der Waals surface area contributed by atoms with Crippen molar-refractivity contribution in [2.75, 3.05) is 0 Å². The van der Waals surface area contributed by atoms with Crippen LogP contribution in [-0.2, 0) is 7.05 Å². The highest BCUT2D eigenvalue weighted by atomic mass is 32.1. The van der Waals surface area contributed by atoms with Crippen LogP contribution in [0.15, 0.2) is 23.0 Å². The fourth-order valence-corrected chi connectivity index (χ4v) is 2.11. The predicted octanol–water partition coefficient (Wildman–Crippen LogP) is 2.51. The first-order valence-electron chi connectivity index (χ1n) is 6.81. The monoisotopic (exact) mass is 305 g/mol. The molecule has 0 aliphatic carbocycles. The van der Waals surface area contributed by atoms with Crippen molar-refractivity contribution >= 4 is 29.0 Å². The Hall–Kier alpha value is -1.95. The van der Waals surface area contributed by atoms with Gasteiger partial charge in [-0.2, -0.15) is 0 Å². The zero-order valence-electron chi connectivity index (χ0n) is 12.6. The van der Waals surface area contributed by atoms with E-state index in [1.165, 1.54) is 4.57 Å². The Morgan fingerprint density at radius 2 is 2.10 bits per heavy atom. The molecule has 1 aromatic heterocycles. The number of aromatic nitrogens is 2. The summed E-state index contributed by atoms with van der Waals surface area (Å²) in [6, 6.07) is 4.96. The topological polar surface area (TPSA) is 66.9 Å². The minimum Gasteiger partial charge on any atom is -0.347 e. The number of fused-ring (bicyclic) bond motifs is 1. The van der Waals surface area contributed by atoms with Gasteiger partial charge in [-0.1, -0.05) is 6.92 Å². The molecule has 2 rings (SSSR count). The summed E-state index contributed by atoms with van der Waals surface area (Å²) in [5.74, 6) is -0.163. The molecular weight excluding hydrogens is 286 g/mol. The zero-order valence-corrected chi connectivity index (χ0v) is 13.4. The third-order valence-electron chi connectivity index (χ3n) is 3.70. The van der Waals surface area contributed by atoms with Crippen LogP contribution in [0.4, 0.5) is 0 Å². The third-order valence-corrected chi connectivity index (χ3v) is 4.07. The molecule has 1 aromatic carbocycles. The molecule has 2 aromatic rings. The highest BCUT2D eigenvalue weighted by Crippen LogP contribution is 2.13. The quantitative estimate of drug-likeness (QED) is 0.856. The third kappa shape index (κ3) is 3.05. The summed E-state index contributed by atoms with van der Waals surface area (Å²) in [6.45, 7) is 5.95. The zero-order chi connectivity index (χ0) is 15.8. The maximum absolute atomic E-state index is 12.3. The average Bonchev–Trinajstić information content (AvgIpc) is 2.44. The van der Waals surface area contributed by atoms with Gasteiger partial charge in [-0.3, -0.25) is 14.2 Å². The van der Waals surface area contributed by atoms with Crippen molar-refractivity contribution < 1.29 is 4.79 Å². The molecule has 0 aliphatic rings. The van der Waals surface area contributed by atoms with Crippen molar-refractivity contribution in [1.82, 2.24) is 14.9 Å². The van der Waals surface area contributed by atoms with Crippen molar-refractivity contribution in [3.8, 4) is 0 Å². The molecule has 1 heterocycles. The molecule has 1 amide bonds. The van der Waals surface area contributed by atoms with E-state index < -0.39 is 0 Å². The van der Waals surface area contributed by atoms with Crippen molar-refractivity contribution in [3.05, 3.63) is 38.9 Å². The molecule has 0 aliphatic heterocycles. The first kappa shape index (κ1) is 15.4. The van der Waals surface area contributed by atoms with E-state index >= 15 is 0 Å². The SMILES string of the molecule is CCC(C)(C)NC(=O)c1ccc2c(=O)n(C)c(=S)[nH]c2c1. The molecule has 0 unspecified atom stereocenters. The van der Waals surface area contributed by atoms with Gasteiger partial charge in [-0.05, 0) is 50.7 Å². The lowest BCUT2D eigenvalue weighted by atomic mass is 10.0. The number of nitrogens with zero attached hydrogens (tertiary/aromatic N) is 1. The molecule has 0 radical (unpaired) electrons. The number of H-pyrrole nitrogens is 1. The van der Waals surface area contributed by atoms with Crippen LogP contribution in [0.3, 0.4) is 0 Å². The number of hydrogen-bond donors (Lipinski definition) is 2. The molecule has 0 saturated carbocycles. The summed E-state index contributed by atoms with van der Waals surface area (Å²) >= 11 is 5.09.